The van der Waals surface area contributed by atoms with E-state index in [1.54, 1.807) is 0 Å². The van der Waals surface area contributed by atoms with Gasteiger partial charge in [-0.05, 0) is 48.3 Å². The van der Waals surface area contributed by atoms with Gasteiger partial charge in [-0.2, -0.15) is 0 Å². The molecule has 0 aromatic carbocycles. The second-order valence-corrected chi connectivity index (χ2v) is 7.26. The summed E-state index contributed by atoms with van der Waals surface area (Å²) >= 11 is 0. The summed E-state index contributed by atoms with van der Waals surface area (Å²) in [6.45, 7) is 14.4. The Kier molecular flexibility index (Phi) is 4.88. The monoisotopic (exact) mass is 224 g/mol. The SMILES string of the molecule is CC(C)CCCC1CC1(C)C(C)CC(C)C. The Morgan fingerprint density at radius 3 is 2.19 bits per heavy atom. The summed E-state index contributed by atoms with van der Waals surface area (Å²) in [7, 11) is 0. The van der Waals surface area contributed by atoms with Crippen LogP contribution in [-0.4, -0.2) is 0 Å². The zero-order valence-electron chi connectivity index (χ0n) is 12.3. The summed E-state index contributed by atoms with van der Waals surface area (Å²) in [5, 5.41) is 0. The van der Waals surface area contributed by atoms with Crippen LogP contribution in [-0.2, 0) is 0 Å². The van der Waals surface area contributed by atoms with E-state index in [1.165, 1.54) is 32.1 Å². The van der Waals surface area contributed by atoms with Crippen LogP contribution >= 0.6 is 0 Å². The van der Waals surface area contributed by atoms with Gasteiger partial charge in [0.05, 0.1) is 0 Å². The van der Waals surface area contributed by atoms with Crippen molar-refractivity contribution in [2.24, 2.45) is 29.1 Å². The summed E-state index contributed by atoms with van der Waals surface area (Å²) in [4.78, 5) is 0. The molecule has 0 aromatic heterocycles. The maximum absolute atomic E-state index is 2.53. The van der Waals surface area contributed by atoms with Crippen molar-refractivity contribution in [2.45, 2.75) is 73.6 Å². The van der Waals surface area contributed by atoms with E-state index in [9.17, 15) is 0 Å². The van der Waals surface area contributed by atoms with E-state index in [0.717, 1.165) is 23.7 Å². The van der Waals surface area contributed by atoms with Gasteiger partial charge in [-0.3, -0.25) is 0 Å². The third kappa shape index (κ3) is 3.79. The highest BCUT2D eigenvalue weighted by atomic mass is 14.6. The topological polar surface area (TPSA) is 0 Å². The van der Waals surface area contributed by atoms with Crippen LogP contribution < -0.4 is 0 Å². The van der Waals surface area contributed by atoms with E-state index in [4.69, 9.17) is 0 Å². The smallest absolute Gasteiger partial charge is 0.0269 e. The predicted molar refractivity (Wildman–Crippen MR) is 73.5 cm³/mol. The van der Waals surface area contributed by atoms with Gasteiger partial charge in [0.1, 0.15) is 0 Å². The van der Waals surface area contributed by atoms with Crippen LogP contribution in [0.5, 0.6) is 0 Å². The summed E-state index contributed by atoms with van der Waals surface area (Å²) in [6.07, 6.45) is 7.27. The summed E-state index contributed by atoms with van der Waals surface area (Å²) in [5.74, 6) is 3.72. The second-order valence-electron chi connectivity index (χ2n) is 7.26. The molecule has 0 aromatic rings. The normalized spacial score (nSPS) is 31.1. The molecule has 1 fully saturated rings. The van der Waals surface area contributed by atoms with Crippen molar-refractivity contribution in [1.29, 1.82) is 0 Å². The fourth-order valence-corrected chi connectivity index (χ4v) is 3.26. The number of hydrogen-bond acceptors (Lipinski definition) is 0. The molecule has 0 saturated heterocycles. The molecule has 3 atom stereocenters. The van der Waals surface area contributed by atoms with Gasteiger partial charge in [0.15, 0.2) is 0 Å². The molecule has 16 heavy (non-hydrogen) atoms. The fraction of sp³-hybridized carbons (Fsp3) is 1.00. The van der Waals surface area contributed by atoms with Crippen LogP contribution in [0, 0.1) is 29.1 Å². The van der Waals surface area contributed by atoms with Crippen molar-refractivity contribution in [3.05, 3.63) is 0 Å². The van der Waals surface area contributed by atoms with Crippen molar-refractivity contribution in [3.63, 3.8) is 0 Å². The first kappa shape index (κ1) is 14.1. The van der Waals surface area contributed by atoms with Gasteiger partial charge >= 0.3 is 0 Å². The minimum Gasteiger partial charge on any atom is -0.0628 e. The highest BCUT2D eigenvalue weighted by Gasteiger charge is 2.52. The lowest BCUT2D eigenvalue weighted by molar-refractivity contribution is 0.273. The van der Waals surface area contributed by atoms with Gasteiger partial charge in [0, 0.05) is 0 Å². The van der Waals surface area contributed by atoms with Gasteiger partial charge in [0.25, 0.3) is 0 Å². The molecule has 1 saturated carbocycles. The third-order valence-corrected chi connectivity index (χ3v) is 4.74. The van der Waals surface area contributed by atoms with Crippen molar-refractivity contribution >= 4 is 0 Å². The standard InChI is InChI=1S/C16H32/c1-12(2)8-7-9-15-11-16(15,6)14(5)10-13(3)4/h12-15H,7-11H2,1-6H3. The lowest BCUT2D eigenvalue weighted by Crippen LogP contribution is -2.14. The van der Waals surface area contributed by atoms with Crippen LogP contribution in [0.1, 0.15) is 73.6 Å². The lowest BCUT2D eigenvalue weighted by atomic mass is 9.83. The van der Waals surface area contributed by atoms with Crippen molar-refractivity contribution in [3.8, 4) is 0 Å². The lowest BCUT2D eigenvalue weighted by Gasteiger charge is -2.22. The van der Waals surface area contributed by atoms with Crippen molar-refractivity contribution in [1.82, 2.24) is 0 Å². The first-order valence-corrected chi connectivity index (χ1v) is 7.36. The molecular weight excluding hydrogens is 192 g/mol. The second kappa shape index (κ2) is 5.56. The molecule has 0 radical (unpaired) electrons. The Hall–Kier alpha value is 0. The average Bonchev–Trinajstić information content (AvgIpc) is 2.77. The quantitative estimate of drug-likeness (QED) is 0.534. The predicted octanol–water partition coefficient (Wildman–Crippen LogP) is 5.52. The molecular formula is C16H32. The minimum atomic E-state index is 0.696. The van der Waals surface area contributed by atoms with Crippen LogP contribution in [0.3, 0.4) is 0 Å². The summed E-state index contributed by atoms with van der Waals surface area (Å²) < 4.78 is 0. The van der Waals surface area contributed by atoms with Gasteiger partial charge in [-0.1, -0.05) is 54.4 Å². The minimum absolute atomic E-state index is 0.696. The van der Waals surface area contributed by atoms with Gasteiger partial charge in [-0.25, -0.2) is 0 Å². The van der Waals surface area contributed by atoms with E-state index in [-0.39, 0.29) is 0 Å². The molecule has 0 heterocycles. The van der Waals surface area contributed by atoms with Crippen LogP contribution in [0.15, 0.2) is 0 Å². The maximum Gasteiger partial charge on any atom is -0.0269 e. The molecule has 0 aliphatic heterocycles. The number of hydrogen-bond donors (Lipinski definition) is 0. The Balaban J connectivity index is 2.24. The van der Waals surface area contributed by atoms with Crippen LogP contribution in [0.25, 0.3) is 0 Å². The van der Waals surface area contributed by atoms with E-state index in [1.807, 2.05) is 0 Å². The van der Waals surface area contributed by atoms with Gasteiger partial charge in [0.2, 0.25) is 0 Å². The van der Waals surface area contributed by atoms with E-state index >= 15 is 0 Å². The molecule has 0 spiro atoms. The Labute approximate surface area is 103 Å². The zero-order valence-corrected chi connectivity index (χ0v) is 12.3. The highest BCUT2D eigenvalue weighted by Crippen LogP contribution is 2.60. The van der Waals surface area contributed by atoms with Crippen LogP contribution in [0.4, 0.5) is 0 Å². The van der Waals surface area contributed by atoms with Crippen molar-refractivity contribution in [2.75, 3.05) is 0 Å². The van der Waals surface area contributed by atoms with E-state index in [0.29, 0.717) is 5.41 Å². The Bertz CT molecular complexity index is 204. The molecule has 0 heteroatoms. The molecule has 0 N–H and O–H groups in total. The molecule has 1 aliphatic rings. The molecule has 1 aliphatic carbocycles. The van der Waals surface area contributed by atoms with Gasteiger partial charge < -0.3 is 0 Å². The molecule has 96 valence electrons. The fourth-order valence-electron chi connectivity index (χ4n) is 3.26. The third-order valence-electron chi connectivity index (χ3n) is 4.74. The average molecular weight is 224 g/mol. The van der Waals surface area contributed by atoms with E-state index in [2.05, 4.69) is 41.5 Å². The Morgan fingerprint density at radius 1 is 1.06 bits per heavy atom. The first-order chi connectivity index (χ1) is 7.36. The first-order valence-electron chi connectivity index (χ1n) is 7.36. The number of rotatable bonds is 7. The molecule has 0 bridgehead atoms. The van der Waals surface area contributed by atoms with Crippen LogP contribution in [0.2, 0.25) is 0 Å². The maximum atomic E-state index is 2.53. The van der Waals surface area contributed by atoms with Gasteiger partial charge in [-0.15, -0.1) is 0 Å². The summed E-state index contributed by atoms with van der Waals surface area (Å²) in [5.41, 5.74) is 0.696. The van der Waals surface area contributed by atoms with E-state index < -0.39 is 0 Å². The highest BCUT2D eigenvalue weighted by molar-refractivity contribution is 5.01. The molecule has 1 rings (SSSR count). The largest absolute Gasteiger partial charge is 0.0628 e. The zero-order chi connectivity index (χ0) is 12.3. The Morgan fingerprint density at radius 2 is 1.69 bits per heavy atom. The summed E-state index contributed by atoms with van der Waals surface area (Å²) in [6, 6.07) is 0. The molecule has 0 amide bonds. The molecule has 3 unspecified atom stereocenters. The van der Waals surface area contributed by atoms with Crippen molar-refractivity contribution < 1.29 is 0 Å². The molecule has 0 nitrogen and oxygen atoms in total.